The zero-order valence-corrected chi connectivity index (χ0v) is 29.7. The molecule has 0 radical (unpaired) electrons. The molecule has 0 aromatic heterocycles. The first-order chi connectivity index (χ1) is 24.4. The third-order valence-corrected chi connectivity index (χ3v) is 11.1. The second-order valence-corrected chi connectivity index (χ2v) is 14.5. The number of rotatable bonds is 6. The molecule has 11 nitrogen and oxygen atoms in total. The number of carbonyl (C=O) groups excluding carboxylic acids is 3. The molecule has 6 rings (SSSR count). The minimum Gasteiger partial charge on any atom is -0.436 e. The summed E-state index contributed by atoms with van der Waals surface area (Å²) in [7, 11) is 2.12. The molecule has 0 saturated carbocycles. The Bertz CT molecular complexity index is 1580. The number of carbonyl (C=O) groups is 3. The van der Waals surface area contributed by atoms with Crippen LogP contribution in [0, 0.1) is 0 Å². The summed E-state index contributed by atoms with van der Waals surface area (Å²) in [5, 5.41) is 2.70. The van der Waals surface area contributed by atoms with Crippen molar-refractivity contribution in [3.63, 3.8) is 0 Å². The number of fused-ring (bicyclic) bond motifs is 1. The van der Waals surface area contributed by atoms with Gasteiger partial charge in [-0.25, -0.2) is 9.59 Å². The number of amides is 4. The summed E-state index contributed by atoms with van der Waals surface area (Å²) in [5.41, 5.74) is 5.91. The minimum atomic E-state index is -4.76. The summed E-state index contributed by atoms with van der Waals surface area (Å²) in [4.78, 5) is 50.5. The first kappa shape index (κ1) is 37.0. The fraction of sp³-hybridized carbons (Fsp3) is 0.583. The van der Waals surface area contributed by atoms with Crippen LogP contribution in [0.2, 0.25) is 5.02 Å². The molecule has 1 atom stereocenters. The number of anilines is 2. The van der Waals surface area contributed by atoms with E-state index in [2.05, 4.69) is 22.2 Å². The number of likely N-dealkylation sites (tertiary alicyclic amines) is 2. The fourth-order valence-electron chi connectivity index (χ4n) is 7.80. The Morgan fingerprint density at radius 1 is 0.941 bits per heavy atom. The number of nitrogens with one attached hydrogen (secondary N) is 1. The van der Waals surface area contributed by atoms with Gasteiger partial charge in [0.15, 0.2) is 6.10 Å². The van der Waals surface area contributed by atoms with Crippen LogP contribution in [-0.4, -0.2) is 127 Å². The Balaban J connectivity index is 1.12. The smallest absolute Gasteiger partial charge is 0.418 e. The van der Waals surface area contributed by atoms with Crippen molar-refractivity contribution in [3.8, 4) is 0 Å². The van der Waals surface area contributed by atoms with E-state index >= 15 is 0 Å². The number of halogens is 4. The highest BCUT2D eigenvalue weighted by Gasteiger charge is 2.38. The molecule has 4 aliphatic heterocycles. The lowest BCUT2D eigenvalue weighted by atomic mass is 9.99. The van der Waals surface area contributed by atoms with E-state index in [0.717, 1.165) is 62.8 Å². The molecule has 278 valence electrons. The lowest BCUT2D eigenvalue weighted by molar-refractivity contribution is -0.142. The number of benzene rings is 2. The van der Waals surface area contributed by atoms with Crippen molar-refractivity contribution in [2.75, 3.05) is 77.0 Å². The molecule has 4 aliphatic rings. The summed E-state index contributed by atoms with van der Waals surface area (Å²) in [6.45, 7) is 6.03. The van der Waals surface area contributed by atoms with Gasteiger partial charge in [-0.2, -0.15) is 13.2 Å². The highest BCUT2D eigenvalue weighted by molar-refractivity contribution is 6.33. The second-order valence-electron chi connectivity index (χ2n) is 14.1. The minimum absolute atomic E-state index is 0.0862. The number of urea groups is 1. The lowest BCUT2D eigenvalue weighted by Crippen LogP contribution is -2.53. The van der Waals surface area contributed by atoms with E-state index in [1.165, 1.54) is 11.0 Å². The highest BCUT2D eigenvalue weighted by Crippen LogP contribution is 2.38. The molecule has 3 N–H and O–H groups in total. The van der Waals surface area contributed by atoms with Crippen molar-refractivity contribution in [1.82, 2.24) is 24.5 Å². The maximum absolute atomic E-state index is 14.0. The molecular formula is C36H47ClF3N7O4. The van der Waals surface area contributed by atoms with Crippen molar-refractivity contribution < 1.29 is 32.3 Å². The number of hydrogen-bond donors (Lipinski definition) is 2. The van der Waals surface area contributed by atoms with Gasteiger partial charge in [0, 0.05) is 70.0 Å². The summed E-state index contributed by atoms with van der Waals surface area (Å²) >= 11 is 6.12. The third-order valence-electron chi connectivity index (χ3n) is 10.8. The van der Waals surface area contributed by atoms with Gasteiger partial charge in [-0.3, -0.25) is 9.69 Å². The molecule has 0 unspecified atom stereocenters. The monoisotopic (exact) mass is 733 g/mol. The summed E-state index contributed by atoms with van der Waals surface area (Å²) in [6.07, 6.45) is -2.82. The number of piperidine rings is 2. The van der Waals surface area contributed by atoms with Gasteiger partial charge in [0.1, 0.15) is 0 Å². The molecule has 3 fully saturated rings. The van der Waals surface area contributed by atoms with Crippen molar-refractivity contribution in [3.05, 3.63) is 58.1 Å². The van der Waals surface area contributed by atoms with E-state index in [0.29, 0.717) is 58.0 Å². The van der Waals surface area contributed by atoms with Crippen LogP contribution in [-0.2, 0) is 28.5 Å². The number of nitrogen functional groups attached to an aromatic ring is 1. The van der Waals surface area contributed by atoms with Gasteiger partial charge in [-0.05, 0) is 88.0 Å². The van der Waals surface area contributed by atoms with Crippen LogP contribution < -0.4 is 11.1 Å². The van der Waals surface area contributed by atoms with Crippen LogP contribution in [0.4, 0.5) is 34.1 Å². The normalized spacial score (nSPS) is 21.0. The largest absolute Gasteiger partial charge is 0.436 e. The van der Waals surface area contributed by atoms with Gasteiger partial charge in [0.05, 0.1) is 16.3 Å². The number of alkyl halides is 3. The van der Waals surface area contributed by atoms with Gasteiger partial charge in [-0.15, -0.1) is 0 Å². The Labute approximate surface area is 301 Å². The first-order valence-electron chi connectivity index (χ1n) is 17.8. The zero-order valence-electron chi connectivity index (χ0n) is 29.0. The van der Waals surface area contributed by atoms with Gasteiger partial charge in [0.25, 0.3) is 5.91 Å². The first-order valence-corrected chi connectivity index (χ1v) is 18.2. The topological polar surface area (TPSA) is 115 Å². The quantitative estimate of drug-likeness (QED) is 0.394. The Kier molecular flexibility index (Phi) is 11.5. The number of ether oxygens (including phenoxy) is 1. The number of nitrogens with two attached hydrogens (primary N) is 1. The van der Waals surface area contributed by atoms with E-state index in [1.54, 1.807) is 4.90 Å². The molecule has 3 saturated heterocycles. The predicted octanol–water partition coefficient (Wildman–Crippen LogP) is 5.17. The van der Waals surface area contributed by atoms with Crippen LogP contribution >= 0.6 is 11.6 Å². The second kappa shape index (κ2) is 15.9. The van der Waals surface area contributed by atoms with Gasteiger partial charge in [-0.1, -0.05) is 29.8 Å². The number of nitrogens with zero attached hydrogens (tertiary/aromatic N) is 5. The summed E-state index contributed by atoms with van der Waals surface area (Å²) in [5.74, 6) is -0.449. The van der Waals surface area contributed by atoms with Crippen LogP contribution in [0.15, 0.2) is 36.4 Å². The van der Waals surface area contributed by atoms with Crippen LogP contribution in [0.3, 0.4) is 0 Å². The van der Waals surface area contributed by atoms with Crippen LogP contribution in [0.25, 0.3) is 0 Å². The van der Waals surface area contributed by atoms with Crippen molar-refractivity contribution >= 4 is 41.0 Å². The summed E-state index contributed by atoms with van der Waals surface area (Å²) in [6, 6.07) is 9.91. The summed E-state index contributed by atoms with van der Waals surface area (Å²) < 4.78 is 47.4. The number of hydrogen-bond acceptors (Lipinski definition) is 7. The Morgan fingerprint density at radius 3 is 2.35 bits per heavy atom. The third kappa shape index (κ3) is 8.83. The highest BCUT2D eigenvalue weighted by atomic mass is 35.5. The predicted molar refractivity (Wildman–Crippen MR) is 189 cm³/mol. The average Bonchev–Trinajstić information content (AvgIpc) is 3.43. The molecule has 4 heterocycles. The van der Waals surface area contributed by atoms with Crippen molar-refractivity contribution in [2.45, 2.75) is 69.3 Å². The molecule has 2 aromatic rings. The maximum atomic E-state index is 14.0. The van der Waals surface area contributed by atoms with E-state index in [1.807, 2.05) is 29.2 Å². The molecule has 0 spiro atoms. The molecule has 2 aromatic carbocycles. The van der Waals surface area contributed by atoms with Gasteiger partial charge < -0.3 is 35.4 Å². The van der Waals surface area contributed by atoms with E-state index < -0.39 is 35.5 Å². The van der Waals surface area contributed by atoms with Gasteiger partial charge >= 0.3 is 18.3 Å². The van der Waals surface area contributed by atoms with Crippen LogP contribution in [0.5, 0.6) is 0 Å². The number of likely N-dealkylation sites (N-methyl/N-ethyl adjacent to an activating group) is 1. The molecule has 51 heavy (non-hydrogen) atoms. The standard InChI is InChI=1S/C36H47ClF3N7O4/c1-43-12-4-13-44(20-19-43)26-8-14-45(15-9-26)33(48)31(23-24-21-28(36(38,39)40)32(41)29(37)22-24)51-35(50)46-16-10-27(11-17-46)47-18-7-25-5-2-3-6-30(25)42-34(47)49/h2-3,5-6,21-22,26-27,31H,4,7-20,23,41H2,1H3,(H,42,49)/t31-/m1/s1. The van der Waals surface area contributed by atoms with Crippen molar-refractivity contribution in [1.29, 1.82) is 0 Å². The van der Waals surface area contributed by atoms with Crippen LogP contribution in [0.1, 0.15) is 48.8 Å². The molecule has 15 heteroatoms. The number of para-hydroxylation sites is 1. The average molecular weight is 734 g/mol. The Hall–Kier alpha value is -3.75. The van der Waals surface area contributed by atoms with E-state index in [9.17, 15) is 27.6 Å². The molecule has 4 amide bonds. The molecule has 0 bridgehead atoms. The lowest BCUT2D eigenvalue weighted by Gasteiger charge is -2.40. The molecular weight excluding hydrogens is 687 g/mol. The Morgan fingerprint density at radius 2 is 1.63 bits per heavy atom. The maximum Gasteiger partial charge on any atom is 0.418 e. The van der Waals surface area contributed by atoms with Gasteiger partial charge in [0.2, 0.25) is 0 Å². The SMILES string of the molecule is CN1CCCN(C2CCN(C(=O)[C@@H](Cc3cc(Cl)c(N)c(C(F)(F)F)c3)OC(=O)N3CCC(N4CCc5ccccc5NC4=O)CC3)CC2)CC1. The zero-order chi connectivity index (χ0) is 36.3. The molecule has 0 aliphatic carbocycles. The van der Waals surface area contributed by atoms with E-state index in [4.69, 9.17) is 22.1 Å². The van der Waals surface area contributed by atoms with Crippen molar-refractivity contribution in [2.24, 2.45) is 0 Å². The van der Waals surface area contributed by atoms with E-state index in [-0.39, 0.29) is 29.1 Å². The fourth-order valence-corrected chi connectivity index (χ4v) is 8.04.